The van der Waals surface area contributed by atoms with E-state index in [1.54, 1.807) is 0 Å². The van der Waals surface area contributed by atoms with Gasteiger partial charge in [0.15, 0.2) is 0 Å². The average molecular weight is 224 g/mol. The molecule has 0 atom stereocenters. The topological polar surface area (TPSA) is 112 Å². The molecule has 6 heteroatoms. The normalized spacial score (nSPS) is 9.75. The van der Waals surface area contributed by atoms with Gasteiger partial charge in [-0.1, -0.05) is 12.1 Å². The van der Waals surface area contributed by atoms with Crippen LogP contribution in [0.15, 0.2) is 18.2 Å². The summed E-state index contributed by atoms with van der Waals surface area (Å²) in [4.78, 5) is 32.1. The first-order chi connectivity index (χ1) is 7.43. The maximum Gasteiger partial charge on any atom is 0.336 e. The number of aliphatic carboxylic acids is 1. The van der Waals surface area contributed by atoms with E-state index in [0.717, 1.165) is 6.07 Å². The van der Waals surface area contributed by atoms with E-state index in [1.807, 2.05) is 0 Å². The Bertz CT molecular complexity index is 462. The molecule has 0 saturated carbocycles. The van der Waals surface area contributed by atoms with Gasteiger partial charge in [-0.25, -0.2) is 9.59 Å². The second-order valence-corrected chi connectivity index (χ2v) is 3.02. The third-order valence-electron chi connectivity index (χ3n) is 1.94. The first-order valence-corrected chi connectivity index (χ1v) is 4.23. The van der Waals surface area contributed by atoms with Crippen molar-refractivity contribution in [2.45, 2.75) is 6.42 Å². The lowest BCUT2D eigenvalue weighted by molar-refractivity contribution is -0.136. The number of benzene rings is 1. The largest absolute Gasteiger partial charge is 0.481 e. The molecule has 0 aromatic heterocycles. The van der Waals surface area contributed by atoms with E-state index >= 15 is 0 Å². The van der Waals surface area contributed by atoms with Gasteiger partial charge in [-0.05, 0) is 11.6 Å². The molecule has 84 valence electrons. The van der Waals surface area contributed by atoms with Crippen LogP contribution in [0.2, 0.25) is 0 Å². The molecule has 0 aliphatic carbocycles. The van der Waals surface area contributed by atoms with Gasteiger partial charge in [-0.3, -0.25) is 4.79 Å². The van der Waals surface area contributed by atoms with Crippen molar-refractivity contribution in [3.05, 3.63) is 34.9 Å². The average Bonchev–Trinajstić information content (AvgIpc) is 2.15. The van der Waals surface area contributed by atoms with Crippen molar-refractivity contribution in [2.75, 3.05) is 0 Å². The van der Waals surface area contributed by atoms with Crippen LogP contribution in [0.1, 0.15) is 26.3 Å². The second kappa shape index (κ2) is 4.43. The zero-order chi connectivity index (χ0) is 12.3. The maximum absolute atomic E-state index is 10.9. The highest BCUT2D eigenvalue weighted by Gasteiger charge is 2.20. The quantitative estimate of drug-likeness (QED) is 0.694. The Kier molecular flexibility index (Phi) is 3.24. The number of hydrogen-bond donors (Lipinski definition) is 3. The van der Waals surface area contributed by atoms with Crippen LogP contribution in [0, 0.1) is 0 Å². The molecule has 1 rings (SSSR count). The van der Waals surface area contributed by atoms with E-state index in [0.29, 0.717) is 0 Å². The molecule has 0 bridgehead atoms. The van der Waals surface area contributed by atoms with Gasteiger partial charge in [0.1, 0.15) is 0 Å². The van der Waals surface area contributed by atoms with E-state index in [9.17, 15) is 14.4 Å². The lowest BCUT2D eigenvalue weighted by Gasteiger charge is -2.06. The molecule has 0 saturated heterocycles. The fourth-order valence-corrected chi connectivity index (χ4v) is 1.34. The molecule has 0 unspecified atom stereocenters. The third-order valence-corrected chi connectivity index (χ3v) is 1.94. The van der Waals surface area contributed by atoms with Gasteiger partial charge in [0.25, 0.3) is 0 Å². The van der Waals surface area contributed by atoms with Crippen LogP contribution in [0.3, 0.4) is 0 Å². The minimum absolute atomic E-state index is 0.0279. The summed E-state index contributed by atoms with van der Waals surface area (Å²) in [5, 5.41) is 26.2. The molecule has 6 nitrogen and oxygen atoms in total. The van der Waals surface area contributed by atoms with Gasteiger partial charge in [0.05, 0.1) is 17.5 Å². The van der Waals surface area contributed by atoms with Gasteiger partial charge < -0.3 is 15.3 Å². The Morgan fingerprint density at radius 1 is 1.00 bits per heavy atom. The summed E-state index contributed by atoms with van der Waals surface area (Å²) in [6.07, 6.45) is -0.525. The molecule has 0 radical (unpaired) electrons. The van der Waals surface area contributed by atoms with Gasteiger partial charge in [-0.2, -0.15) is 0 Å². The SMILES string of the molecule is O=C(O)Cc1cccc(C(=O)O)c1C(=O)O. The van der Waals surface area contributed by atoms with Gasteiger partial charge in [-0.15, -0.1) is 0 Å². The van der Waals surface area contributed by atoms with Crippen LogP contribution >= 0.6 is 0 Å². The minimum atomic E-state index is -1.45. The number of carbonyl (C=O) groups is 3. The summed E-state index contributed by atoms with van der Waals surface area (Å²) < 4.78 is 0. The van der Waals surface area contributed by atoms with Gasteiger partial charge in [0.2, 0.25) is 0 Å². The van der Waals surface area contributed by atoms with E-state index < -0.39 is 35.5 Å². The molecule has 1 aromatic carbocycles. The van der Waals surface area contributed by atoms with E-state index in [2.05, 4.69) is 0 Å². The summed E-state index contributed by atoms with van der Waals surface area (Å²) >= 11 is 0. The second-order valence-electron chi connectivity index (χ2n) is 3.02. The summed E-state index contributed by atoms with van der Waals surface area (Å²) in [5.74, 6) is -4.07. The highest BCUT2D eigenvalue weighted by molar-refractivity contribution is 6.03. The van der Waals surface area contributed by atoms with E-state index in [-0.39, 0.29) is 5.56 Å². The number of aromatic carboxylic acids is 2. The van der Waals surface area contributed by atoms with Crippen molar-refractivity contribution in [1.29, 1.82) is 0 Å². The van der Waals surface area contributed by atoms with Crippen LogP contribution in [-0.2, 0) is 11.2 Å². The summed E-state index contributed by atoms with van der Waals surface area (Å²) in [5.41, 5.74) is -0.913. The molecule has 0 spiro atoms. The fourth-order valence-electron chi connectivity index (χ4n) is 1.34. The van der Waals surface area contributed by atoms with Crippen LogP contribution in [-0.4, -0.2) is 33.2 Å². The monoisotopic (exact) mass is 224 g/mol. The van der Waals surface area contributed by atoms with Crippen molar-refractivity contribution < 1.29 is 29.7 Å². The van der Waals surface area contributed by atoms with Crippen molar-refractivity contribution in [1.82, 2.24) is 0 Å². The number of carboxylic acids is 3. The van der Waals surface area contributed by atoms with Crippen molar-refractivity contribution >= 4 is 17.9 Å². The predicted molar refractivity (Wildman–Crippen MR) is 51.7 cm³/mol. The summed E-state index contributed by atoms with van der Waals surface area (Å²) in [6, 6.07) is 3.72. The molecule has 3 N–H and O–H groups in total. The molecule has 16 heavy (non-hydrogen) atoms. The Morgan fingerprint density at radius 3 is 2.06 bits per heavy atom. The Labute approximate surface area is 89.8 Å². The van der Waals surface area contributed by atoms with Crippen molar-refractivity contribution in [2.24, 2.45) is 0 Å². The molecule has 0 amide bonds. The highest BCUT2D eigenvalue weighted by Crippen LogP contribution is 2.16. The summed E-state index contributed by atoms with van der Waals surface area (Å²) in [7, 11) is 0. The Balaban J connectivity index is 3.38. The lowest BCUT2D eigenvalue weighted by atomic mass is 9.99. The van der Waals surface area contributed by atoms with Crippen molar-refractivity contribution in [3.63, 3.8) is 0 Å². The number of rotatable bonds is 4. The minimum Gasteiger partial charge on any atom is -0.481 e. The smallest absolute Gasteiger partial charge is 0.336 e. The predicted octanol–water partition coefficient (Wildman–Crippen LogP) is 0.710. The molecule has 1 aromatic rings. The molecule has 0 heterocycles. The standard InChI is InChI=1S/C10H8O6/c11-7(12)4-5-2-1-3-6(9(13)14)8(5)10(15)16/h1-3H,4H2,(H,11,12)(H,13,14)(H,15,16). The number of carboxylic acid groups (broad SMARTS) is 3. The van der Waals surface area contributed by atoms with E-state index in [4.69, 9.17) is 15.3 Å². The summed E-state index contributed by atoms with van der Waals surface area (Å²) in [6.45, 7) is 0. The molecule has 0 aliphatic heterocycles. The van der Waals surface area contributed by atoms with Crippen LogP contribution in [0.25, 0.3) is 0 Å². The Morgan fingerprint density at radius 2 is 1.62 bits per heavy atom. The zero-order valence-electron chi connectivity index (χ0n) is 8.01. The molecular weight excluding hydrogens is 216 g/mol. The lowest BCUT2D eigenvalue weighted by Crippen LogP contribution is -2.13. The zero-order valence-corrected chi connectivity index (χ0v) is 8.01. The first-order valence-electron chi connectivity index (χ1n) is 4.23. The van der Waals surface area contributed by atoms with Gasteiger partial charge >= 0.3 is 17.9 Å². The first kappa shape index (κ1) is 11.7. The molecular formula is C10H8O6. The third kappa shape index (κ3) is 2.35. The highest BCUT2D eigenvalue weighted by atomic mass is 16.4. The van der Waals surface area contributed by atoms with Crippen LogP contribution in [0.5, 0.6) is 0 Å². The Hall–Kier alpha value is -2.37. The number of hydrogen-bond acceptors (Lipinski definition) is 3. The van der Waals surface area contributed by atoms with E-state index in [1.165, 1.54) is 12.1 Å². The molecule has 0 fully saturated rings. The van der Waals surface area contributed by atoms with Crippen LogP contribution < -0.4 is 0 Å². The van der Waals surface area contributed by atoms with Gasteiger partial charge in [0, 0.05) is 0 Å². The van der Waals surface area contributed by atoms with Crippen LogP contribution in [0.4, 0.5) is 0 Å². The maximum atomic E-state index is 10.9. The van der Waals surface area contributed by atoms with Crippen molar-refractivity contribution in [3.8, 4) is 0 Å². The molecule has 0 aliphatic rings. The fraction of sp³-hybridized carbons (Fsp3) is 0.100.